The topological polar surface area (TPSA) is 120 Å². The van der Waals surface area contributed by atoms with E-state index in [9.17, 15) is 4.79 Å². The van der Waals surface area contributed by atoms with Gasteiger partial charge in [0.25, 0.3) is 0 Å². The number of H-pyrrole nitrogens is 1. The quantitative estimate of drug-likeness (QED) is 0.134. The third kappa shape index (κ3) is 6.98. The van der Waals surface area contributed by atoms with Gasteiger partial charge in [-0.25, -0.2) is 4.98 Å². The molecule has 2 aliphatic carbocycles. The minimum Gasteiger partial charge on any atom is -0.399 e. The van der Waals surface area contributed by atoms with Gasteiger partial charge in [0.15, 0.2) is 0 Å². The van der Waals surface area contributed by atoms with Gasteiger partial charge in [0.2, 0.25) is 12.3 Å². The SMILES string of the molecule is CCC.COCC(=O)N1CCCC1c1nc2ccc(-c3ccc(-c4ccc(B5OC(C)(C)C(C)(C)O5)c5ccccc45)c4c3CC3CCC43)cc2[nH]1.NC=O. The van der Waals surface area contributed by atoms with Gasteiger partial charge in [0.1, 0.15) is 12.4 Å². The second-order valence-corrected chi connectivity index (χ2v) is 16.4. The van der Waals surface area contributed by atoms with Gasteiger partial charge in [-0.15, -0.1) is 0 Å². The van der Waals surface area contributed by atoms with Crippen molar-refractivity contribution in [1.82, 2.24) is 14.9 Å². The number of aromatic nitrogens is 2. The number of rotatable bonds is 6. The molecule has 3 atom stereocenters. The smallest absolute Gasteiger partial charge is 0.399 e. The maximum Gasteiger partial charge on any atom is 0.495 e. The van der Waals surface area contributed by atoms with E-state index in [2.05, 4.69) is 119 Å². The number of fused-ring (bicyclic) bond motifs is 5. The van der Waals surface area contributed by atoms with Crippen LogP contribution in [-0.4, -0.2) is 65.8 Å². The molecule has 288 valence electrons. The van der Waals surface area contributed by atoms with Gasteiger partial charge in [-0.1, -0.05) is 74.9 Å². The van der Waals surface area contributed by atoms with Crippen LogP contribution in [-0.2, 0) is 30.1 Å². The van der Waals surface area contributed by atoms with Crippen LogP contribution in [0.2, 0.25) is 0 Å². The van der Waals surface area contributed by atoms with Crippen molar-refractivity contribution < 1.29 is 23.6 Å². The molecular weight excluding hydrogens is 687 g/mol. The monoisotopic (exact) mass is 742 g/mol. The molecular formula is C45H55BN4O5. The van der Waals surface area contributed by atoms with Crippen LogP contribution in [0, 0.1) is 5.92 Å². The van der Waals surface area contributed by atoms with Crippen LogP contribution in [0.25, 0.3) is 44.1 Å². The van der Waals surface area contributed by atoms with Gasteiger partial charge in [-0.05, 0) is 133 Å². The third-order valence-corrected chi connectivity index (χ3v) is 12.3. The van der Waals surface area contributed by atoms with Crippen molar-refractivity contribution >= 4 is 46.7 Å². The van der Waals surface area contributed by atoms with Crippen molar-refractivity contribution in [2.75, 3.05) is 20.3 Å². The van der Waals surface area contributed by atoms with Crippen molar-refractivity contribution in [3.8, 4) is 22.3 Å². The molecule has 1 aromatic heterocycles. The molecule has 4 aromatic carbocycles. The zero-order valence-corrected chi connectivity index (χ0v) is 33.4. The third-order valence-electron chi connectivity index (χ3n) is 12.3. The van der Waals surface area contributed by atoms with E-state index in [-0.39, 0.29) is 25.0 Å². The number of imidazole rings is 1. The van der Waals surface area contributed by atoms with E-state index >= 15 is 0 Å². The lowest BCUT2D eigenvalue weighted by molar-refractivity contribution is -0.136. The summed E-state index contributed by atoms with van der Waals surface area (Å²) < 4.78 is 18.2. The highest BCUT2D eigenvalue weighted by Crippen LogP contribution is 2.56. The number of benzene rings is 4. The zero-order valence-electron chi connectivity index (χ0n) is 33.4. The number of carbonyl (C=O) groups is 2. The number of aromatic amines is 1. The molecule has 55 heavy (non-hydrogen) atoms. The molecule has 10 heteroatoms. The molecule has 0 radical (unpaired) electrons. The van der Waals surface area contributed by atoms with Gasteiger partial charge in [-0.2, -0.15) is 0 Å². The summed E-state index contributed by atoms with van der Waals surface area (Å²) in [4.78, 5) is 31.8. The highest BCUT2D eigenvalue weighted by atomic mass is 16.7. The Morgan fingerprint density at radius 3 is 2.31 bits per heavy atom. The minimum atomic E-state index is -0.409. The maximum absolute atomic E-state index is 12.7. The Labute approximate surface area is 325 Å². The first-order valence-electron chi connectivity index (χ1n) is 19.9. The molecule has 2 aliphatic heterocycles. The lowest BCUT2D eigenvalue weighted by Crippen LogP contribution is -2.41. The summed E-state index contributed by atoms with van der Waals surface area (Å²) in [7, 11) is 1.16. The summed E-state index contributed by atoms with van der Waals surface area (Å²) in [6.07, 6.45) is 7.05. The predicted molar refractivity (Wildman–Crippen MR) is 221 cm³/mol. The number of likely N-dealkylation sites (tertiary alicyclic amines) is 1. The average Bonchev–Trinajstić information content (AvgIpc) is 3.90. The van der Waals surface area contributed by atoms with E-state index in [1.807, 2.05) is 4.90 Å². The lowest BCUT2D eigenvalue weighted by Gasteiger charge is -2.32. The molecule has 0 bridgehead atoms. The van der Waals surface area contributed by atoms with Crippen molar-refractivity contribution in [3.63, 3.8) is 0 Å². The fourth-order valence-corrected chi connectivity index (χ4v) is 8.91. The van der Waals surface area contributed by atoms with Crippen molar-refractivity contribution in [2.24, 2.45) is 11.7 Å². The van der Waals surface area contributed by atoms with E-state index in [1.165, 1.54) is 63.4 Å². The van der Waals surface area contributed by atoms with E-state index in [0.29, 0.717) is 11.8 Å². The Balaban J connectivity index is 0.000000730. The number of primary amides is 1. The molecule has 3 fully saturated rings. The average molecular weight is 743 g/mol. The van der Waals surface area contributed by atoms with Crippen LogP contribution in [0.5, 0.6) is 0 Å². The molecule has 4 aliphatic rings. The Kier molecular flexibility index (Phi) is 11.0. The van der Waals surface area contributed by atoms with Gasteiger partial charge in [0.05, 0.1) is 28.3 Å². The zero-order chi connectivity index (χ0) is 39.1. The fraction of sp³-hybridized carbons (Fsp3) is 0.444. The molecule has 3 heterocycles. The highest BCUT2D eigenvalue weighted by Gasteiger charge is 2.52. The molecule has 1 saturated carbocycles. The van der Waals surface area contributed by atoms with E-state index in [0.717, 1.165) is 48.1 Å². The van der Waals surface area contributed by atoms with Crippen molar-refractivity contribution in [2.45, 2.75) is 103 Å². The molecule has 0 spiro atoms. The van der Waals surface area contributed by atoms with E-state index in [1.54, 1.807) is 7.11 Å². The Bertz CT molecular complexity index is 2200. The number of ether oxygens (including phenoxy) is 1. The van der Waals surface area contributed by atoms with Crippen LogP contribution >= 0.6 is 0 Å². The molecule has 2 amide bonds. The molecule has 5 aromatic rings. The highest BCUT2D eigenvalue weighted by molar-refractivity contribution is 6.65. The second kappa shape index (κ2) is 15.6. The Morgan fingerprint density at radius 1 is 0.964 bits per heavy atom. The number of hydrogen-bond donors (Lipinski definition) is 2. The van der Waals surface area contributed by atoms with Crippen LogP contribution in [0.4, 0.5) is 0 Å². The predicted octanol–water partition coefficient (Wildman–Crippen LogP) is 8.23. The second-order valence-electron chi connectivity index (χ2n) is 16.4. The summed E-state index contributed by atoms with van der Waals surface area (Å²) in [6.45, 7) is 13.5. The number of methoxy groups -OCH3 is 1. The van der Waals surface area contributed by atoms with E-state index < -0.39 is 18.3 Å². The standard InChI is InChI=1S/C41H44BN3O4.C3H8.CH3NO/c1-40(2)41(3,4)49-42(48-40)33-18-17-29(28-9-6-7-10-30(28)33)31-16-15-26(32-21-24-12-14-27(24)38(31)32)25-13-19-34-35(22-25)44-39(43-34)36-11-8-20-45(36)37(46)23-47-5;1-3-2;2-1-3/h6-7,9-10,13,15-19,22,24,27,36H,8,11-12,14,20-21,23H2,1-5H3,(H,43,44);3H2,1-2H3;1H,(H2,2,3). The number of nitrogens with zero attached hydrogens (tertiary/aromatic N) is 2. The Hall–Kier alpha value is -4.51. The normalized spacial score (nSPS) is 21.6. The van der Waals surface area contributed by atoms with E-state index in [4.69, 9.17) is 23.8 Å². The number of nitrogens with two attached hydrogens (primary N) is 1. The number of amides is 2. The minimum absolute atomic E-state index is 0.0203. The van der Waals surface area contributed by atoms with Gasteiger partial charge in [0, 0.05) is 13.7 Å². The molecule has 3 unspecified atom stereocenters. The fourth-order valence-electron chi connectivity index (χ4n) is 8.91. The summed E-state index contributed by atoms with van der Waals surface area (Å²) in [5.74, 6) is 2.20. The van der Waals surface area contributed by atoms with Crippen molar-refractivity contribution in [3.05, 3.63) is 83.7 Å². The molecule has 3 N–H and O–H groups in total. The van der Waals surface area contributed by atoms with Crippen LogP contribution in [0.3, 0.4) is 0 Å². The number of carbonyl (C=O) groups excluding carboxylic acids is 2. The molecule has 9 rings (SSSR count). The van der Waals surface area contributed by atoms with Gasteiger partial charge >= 0.3 is 7.12 Å². The molecule has 2 saturated heterocycles. The van der Waals surface area contributed by atoms with Crippen LogP contribution < -0.4 is 11.2 Å². The summed E-state index contributed by atoms with van der Waals surface area (Å²) in [6, 6.07) is 24.5. The summed E-state index contributed by atoms with van der Waals surface area (Å²) >= 11 is 0. The summed E-state index contributed by atoms with van der Waals surface area (Å²) in [5.41, 5.74) is 14.6. The van der Waals surface area contributed by atoms with Crippen LogP contribution in [0.1, 0.15) is 103 Å². The first-order valence-corrected chi connectivity index (χ1v) is 19.9. The lowest BCUT2D eigenvalue weighted by atomic mass is 9.72. The van der Waals surface area contributed by atoms with Gasteiger partial charge < -0.3 is 29.7 Å². The Morgan fingerprint density at radius 2 is 1.64 bits per heavy atom. The molecule has 9 nitrogen and oxygen atoms in total. The maximum atomic E-state index is 12.7. The largest absolute Gasteiger partial charge is 0.495 e. The van der Waals surface area contributed by atoms with Gasteiger partial charge in [-0.3, -0.25) is 9.59 Å². The van der Waals surface area contributed by atoms with Crippen LogP contribution in [0.15, 0.2) is 66.7 Å². The first kappa shape index (κ1) is 38.8. The summed E-state index contributed by atoms with van der Waals surface area (Å²) in [5, 5.41) is 2.42. The number of hydrogen-bond acceptors (Lipinski definition) is 6. The van der Waals surface area contributed by atoms with Crippen molar-refractivity contribution in [1.29, 1.82) is 0 Å². The number of nitrogens with one attached hydrogen (secondary N) is 1. The first-order chi connectivity index (χ1) is 26.5.